The predicted octanol–water partition coefficient (Wildman–Crippen LogP) is 7.70. The van der Waals surface area contributed by atoms with Gasteiger partial charge in [0.15, 0.2) is 11.6 Å². The highest BCUT2D eigenvalue weighted by Crippen LogP contribution is 2.65. The third-order valence-corrected chi connectivity index (χ3v) is 6.96. The average molecular weight is 565 g/mol. The lowest BCUT2D eigenvalue weighted by molar-refractivity contribution is -0.117. The number of carbonyl (C=O) groups is 2. The van der Waals surface area contributed by atoms with Crippen LogP contribution in [-0.4, -0.2) is 16.1 Å². The van der Waals surface area contributed by atoms with Gasteiger partial charge in [-0.2, -0.15) is 0 Å². The van der Waals surface area contributed by atoms with Crippen LogP contribution in [0.3, 0.4) is 0 Å². The molecule has 0 radical (unpaired) electrons. The lowest BCUT2D eigenvalue weighted by Gasteiger charge is -2.11. The molecule has 1 fully saturated rings. The van der Waals surface area contributed by atoms with E-state index in [9.17, 15) is 18.4 Å². The minimum atomic E-state index is -1.39. The second kappa shape index (κ2) is 9.51. The molecule has 0 spiro atoms. The van der Waals surface area contributed by atoms with Crippen LogP contribution in [0.15, 0.2) is 54.6 Å². The van der Waals surface area contributed by atoms with Gasteiger partial charge in [0.1, 0.15) is 4.33 Å². The maximum absolute atomic E-state index is 13.9. The molecule has 4 rings (SSSR count). The van der Waals surface area contributed by atoms with E-state index in [2.05, 4.69) is 10.6 Å². The van der Waals surface area contributed by atoms with Crippen molar-refractivity contribution in [2.24, 2.45) is 5.92 Å². The number of nitrogens with one attached hydrogen (secondary N) is 2. The predicted molar refractivity (Wildman–Crippen MR) is 132 cm³/mol. The molecule has 2 N–H and O–H groups in total. The molecular weight excluding hydrogens is 552 g/mol. The molecular formula is C23H13Cl5F2N2O2. The summed E-state index contributed by atoms with van der Waals surface area (Å²) in [5.41, 5.74) is 0.403. The van der Waals surface area contributed by atoms with E-state index in [-0.39, 0.29) is 22.0 Å². The number of hydrogen-bond donors (Lipinski definition) is 2. The van der Waals surface area contributed by atoms with Crippen molar-refractivity contribution in [3.63, 3.8) is 0 Å². The van der Waals surface area contributed by atoms with Crippen LogP contribution in [0.4, 0.5) is 20.2 Å². The van der Waals surface area contributed by atoms with Crippen molar-refractivity contribution in [3.05, 3.63) is 92.4 Å². The first-order valence-corrected chi connectivity index (χ1v) is 11.6. The summed E-state index contributed by atoms with van der Waals surface area (Å²) in [6.45, 7) is 0. The van der Waals surface area contributed by atoms with E-state index < -0.39 is 39.6 Å². The summed E-state index contributed by atoms with van der Waals surface area (Å²) in [7, 11) is 0. The average Bonchev–Trinajstić information content (AvgIpc) is 3.34. The van der Waals surface area contributed by atoms with Crippen molar-refractivity contribution < 1.29 is 18.4 Å². The van der Waals surface area contributed by atoms with Gasteiger partial charge in [0.25, 0.3) is 5.91 Å². The highest BCUT2D eigenvalue weighted by molar-refractivity contribution is 6.53. The van der Waals surface area contributed by atoms with Gasteiger partial charge in [-0.1, -0.05) is 40.9 Å². The Balaban J connectivity index is 1.52. The summed E-state index contributed by atoms with van der Waals surface area (Å²) < 4.78 is 25.9. The SMILES string of the molecule is O=C(Nc1cccc(F)c1F)c1cc(NC(=O)C2C(c3cc(Cl)cc(Cl)c3)C2(Cl)Cl)ccc1Cl. The normalized spacial score (nSPS) is 18.3. The maximum atomic E-state index is 13.9. The zero-order chi connectivity index (χ0) is 24.8. The Hall–Kier alpha value is -2.09. The van der Waals surface area contributed by atoms with E-state index in [1.165, 1.54) is 30.3 Å². The molecule has 11 heteroatoms. The zero-order valence-electron chi connectivity index (χ0n) is 16.8. The molecule has 0 saturated heterocycles. The van der Waals surface area contributed by atoms with Crippen molar-refractivity contribution in [1.29, 1.82) is 0 Å². The molecule has 3 aromatic rings. The first kappa shape index (κ1) is 25.0. The van der Waals surface area contributed by atoms with E-state index in [0.29, 0.717) is 15.6 Å². The van der Waals surface area contributed by atoms with Crippen LogP contribution < -0.4 is 10.6 Å². The minimum Gasteiger partial charge on any atom is -0.326 e. The van der Waals surface area contributed by atoms with Crippen molar-refractivity contribution in [3.8, 4) is 0 Å². The Kier molecular flexibility index (Phi) is 7.00. The van der Waals surface area contributed by atoms with Gasteiger partial charge in [0.05, 0.1) is 22.2 Å². The maximum Gasteiger partial charge on any atom is 0.257 e. The number of amides is 2. The van der Waals surface area contributed by atoms with Gasteiger partial charge in [-0.05, 0) is 54.1 Å². The Morgan fingerprint density at radius 3 is 2.24 bits per heavy atom. The summed E-state index contributed by atoms with van der Waals surface area (Å²) in [5, 5.41) is 5.69. The minimum absolute atomic E-state index is 0.0363. The summed E-state index contributed by atoms with van der Waals surface area (Å²) in [6, 6.07) is 12.3. The Morgan fingerprint density at radius 1 is 0.882 bits per heavy atom. The quantitative estimate of drug-likeness (QED) is 0.312. The molecule has 0 heterocycles. The molecule has 1 aliphatic rings. The molecule has 3 aromatic carbocycles. The summed E-state index contributed by atoms with van der Waals surface area (Å²) in [4.78, 5) is 25.5. The third-order valence-electron chi connectivity index (χ3n) is 5.26. The van der Waals surface area contributed by atoms with E-state index >= 15 is 0 Å². The molecule has 0 aliphatic heterocycles. The Bertz CT molecular complexity index is 1300. The number of alkyl halides is 2. The lowest BCUT2D eigenvalue weighted by atomic mass is 10.1. The van der Waals surface area contributed by atoms with E-state index in [4.69, 9.17) is 58.0 Å². The molecule has 2 amide bonds. The molecule has 2 atom stereocenters. The third kappa shape index (κ3) is 4.97. The zero-order valence-corrected chi connectivity index (χ0v) is 20.6. The number of hydrogen-bond acceptors (Lipinski definition) is 2. The van der Waals surface area contributed by atoms with Gasteiger partial charge in [0, 0.05) is 21.7 Å². The molecule has 176 valence electrons. The fraction of sp³-hybridized carbons (Fsp3) is 0.130. The van der Waals surface area contributed by atoms with Gasteiger partial charge < -0.3 is 10.6 Å². The molecule has 34 heavy (non-hydrogen) atoms. The van der Waals surface area contributed by atoms with Crippen LogP contribution in [0.1, 0.15) is 21.8 Å². The van der Waals surface area contributed by atoms with Crippen molar-refractivity contribution in [2.45, 2.75) is 10.3 Å². The Labute approximate surface area is 218 Å². The molecule has 1 aliphatic carbocycles. The number of benzene rings is 3. The first-order valence-electron chi connectivity index (χ1n) is 9.68. The highest BCUT2D eigenvalue weighted by atomic mass is 35.5. The molecule has 1 saturated carbocycles. The fourth-order valence-corrected chi connectivity index (χ4v) is 5.18. The molecule has 0 aromatic heterocycles. The van der Waals surface area contributed by atoms with Crippen molar-refractivity contribution in [2.75, 3.05) is 10.6 Å². The second-order valence-electron chi connectivity index (χ2n) is 7.57. The van der Waals surface area contributed by atoms with Crippen LogP contribution in [0, 0.1) is 17.6 Å². The van der Waals surface area contributed by atoms with Gasteiger partial charge in [-0.15, -0.1) is 23.2 Å². The monoisotopic (exact) mass is 562 g/mol. The number of halogens is 7. The van der Waals surface area contributed by atoms with Gasteiger partial charge in [-0.3, -0.25) is 9.59 Å². The highest BCUT2D eigenvalue weighted by Gasteiger charge is 2.67. The fourth-order valence-electron chi connectivity index (χ4n) is 3.61. The topological polar surface area (TPSA) is 58.2 Å². The van der Waals surface area contributed by atoms with Gasteiger partial charge in [-0.25, -0.2) is 8.78 Å². The smallest absolute Gasteiger partial charge is 0.257 e. The van der Waals surface area contributed by atoms with Crippen LogP contribution >= 0.6 is 58.0 Å². The van der Waals surface area contributed by atoms with Gasteiger partial charge in [0.2, 0.25) is 5.91 Å². The molecule has 2 unspecified atom stereocenters. The number of carbonyl (C=O) groups excluding carboxylic acids is 2. The Morgan fingerprint density at radius 2 is 1.56 bits per heavy atom. The summed E-state index contributed by atoms with van der Waals surface area (Å²) in [5.74, 6) is -5.00. The van der Waals surface area contributed by atoms with Crippen molar-refractivity contribution >= 4 is 81.2 Å². The molecule has 4 nitrogen and oxygen atoms in total. The largest absolute Gasteiger partial charge is 0.326 e. The van der Waals surface area contributed by atoms with Crippen LogP contribution in [-0.2, 0) is 4.79 Å². The summed E-state index contributed by atoms with van der Waals surface area (Å²) >= 11 is 30.9. The second-order valence-corrected chi connectivity index (χ2v) is 10.3. The summed E-state index contributed by atoms with van der Waals surface area (Å²) in [6.07, 6.45) is 0. The molecule has 0 bridgehead atoms. The van der Waals surface area contributed by atoms with Crippen LogP contribution in [0.2, 0.25) is 15.1 Å². The lowest BCUT2D eigenvalue weighted by Crippen LogP contribution is -2.18. The van der Waals surface area contributed by atoms with Crippen molar-refractivity contribution in [1.82, 2.24) is 0 Å². The standard InChI is InChI=1S/C23H13Cl5F2N2O2/c24-11-6-10(7-12(25)8-11)18-19(23(18,27)28)22(34)31-13-4-5-15(26)14(9-13)21(33)32-17-3-1-2-16(29)20(17)30/h1-9,18-19H,(H,31,34)(H,32,33). The van der Waals surface area contributed by atoms with E-state index in [0.717, 1.165) is 6.07 Å². The first-order chi connectivity index (χ1) is 16.0. The van der Waals surface area contributed by atoms with Crippen LogP contribution in [0.25, 0.3) is 0 Å². The van der Waals surface area contributed by atoms with E-state index in [1.54, 1.807) is 18.2 Å². The van der Waals surface area contributed by atoms with Gasteiger partial charge >= 0.3 is 0 Å². The van der Waals surface area contributed by atoms with E-state index in [1.807, 2.05) is 0 Å². The van der Waals surface area contributed by atoms with Crippen LogP contribution in [0.5, 0.6) is 0 Å². The number of anilines is 2. The number of rotatable bonds is 5.